The Morgan fingerprint density at radius 2 is 1.83 bits per heavy atom. The molecule has 1 aromatic rings. The first kappa shape index (κ1) is 9.53. The summed E-state index contributed by atoms with van der Waals surface area (Å²) in [5, 5.41) is 0.622. The summed E-state index contributed by atoms with van der Waals surface area (Å²) in [5.41, 5.74) is 3.66. The van der Waals surface area contributed by atoms with Gasteiger partial charge in [0.05, 0.1) is 0 Å². The van der Waals surface area contributed by atoms with Crippen LogP contribution in [-0.2, 0) is 0 Å². The second-order valence-corrected chi connectivity index (χ2v) is 3.77. The molecule has 0 N–H and O–H groups in total. The third-order valence-electron chi connectivity index (χ3n) is 2.24. The first-order valence-corrected chi connectivity index (χ1v) is 4.53. The molecule has 0 aliphatic heterocycles. The van der Waals surface area contributed by atoms with Gasteiger partial charge >= 0.3 is 0 Å². The Morgan fingerprint density at radius 1 is 1.25 bits per heavy atom. The normalized spacial score (nSPS) is 10.8. The molecule has 12 heavy (non-hydrogen) atoms. The third kappa shape index (κ3) is 1.61. The molecule has 0 unspecified atom stereocenters. The van der Waals surface area contributed by atoms with Gasteiger partial charge in [-0.3, -0.25) is 0 Å². The van der Waals surface area contributed by atoms with Gasteiger partial charge in [0.2, 0.25) is 0 Å². The van der Waals surface area contributed by atoms with Crippen molar-refractivity contribution in [2.24, 2.45) is 0 Å². The lowest BCUT2D eigenvalue weighted by Crippen LogP contribution is -1.97. The Kier molecular flexibility index (Phi) is 2.73. The van der Waals surface area contributed by atoms with Crippen LogP contribution >= 0.6 is 11.6 Å². The summed E-state index contributed by atoms with van der Waals surface area (Å²) < 4.78 is 0. The molecule has 1 aromatic heterocycles. The Hall–Kier alpha value is -0.560. The molecule has 1 heterocycles. The molecule has 0 saturated heterocycles. The van der Waals surface area contributed by atoms with Crippen LogP contribution < -0.4 is 0 Å². The molecular weight excluding hydrogens is 170 g/mol. The molecule has 0 spiro atoms. The van der Waals surface area contributed by atoms with E-state index in [0.29, 0.717) is 11.1 Å². The highest BCUT2D eigenvalue weighted by atomic mass is 35.5. The van der Waals surface area contributed by atoms with Gasteiger partial charge in [0.25, 0.3) is 0 Å². The van der Waals surface area contributed by atoms with Crippen LogP contribution in [0.4, 0.5) is 0 Å². The van der Waals surface area contributed by atoms with Crippen LogP contribution in [-0.4, -0.2) is 4.98 Å². The van der Waals surface area contributed by atoms with Crippen molar-refractivity contribution in [1.29, 1.82) is 0 Å². The summed E-state index contributed by atoms with van der Waals surface area (Å²) in [6.07, 6.45) is 1.87. The van der Waals surface area contributed by atoms with Crippen molar-refractivity contribution in [2.45, 2.75) is 33.6 Å². The largest absolute Gasteiger partial charge is 0.244 e. The second kappa shape index (κ2) is 3.44. The van der Waals surface area contributed by atoms with Crippen molar-refractivity contribution in [3.8, 4) is 0 Å². The van der Waals surface area contributed by atoms with E-state index in [1.165, 1.54) is 11.1 Å². The van der Waals surface area contributed by atoms with Crippen molar-refractivity contribution in [1.82, 2.24) is 4.98 Å². The lowest BCUT2D eigenvalue weighted by atomic mass is 9.98. The third-order valence-corrected chi connectivity index (χ3v) is 2.63. The Bertz CT molecular complexity index is 292. The second-order valence-electron chi connectivity index (χ2n) is 3.41. The van der Waals surface area contributed by atoms with Crippen LogP contribution in [0.5, 0.6) is 0 Å². The zero-order valence-electron chi connectivity index (χ0n) is 7.98. The van der Waals surface area contributed by atoms with Crippen LogP contribution in [0.2, 0.25) is 5.15 Å². The topological polar surface area (TPSA) is 12.9 Å². The van der Waals surface area contributed by atoms with Crippen molar-refractivity contribution in [2.75, 3.05) is 0 Å². The highest BCUT2D eigenvalue weighted by Crippen LogP contribution is 2.24. The molecule has 0 amide bonds. The smallest absolute Gasteiger partial charge is 0.132 e. The molecule has 0 saturated carbocycles. The van der Waals surface area contributed by atoms with Gasteiger partial charge in [-0.25, -0.2) is 4.98 Å². The van der Waals surface area contributed by atoms with Crippen LogP contribution in [0.3, 0.4) is 0 Å². The quantitative estimate of drug-likeness (QED) is 0.608. The summed E-state index contributed by atoms with van der Waals surface area (Å²) in [4.78, 5) is 4.13. The first-order chi connectivity index (χ1) is 5.54. The average Bonchev–Trinajstić information content (AvgIpc) is 2.00. The molecule has 0 atom stereocenters. The molecule has 0 radical (unpaired) electrons. The maximum absolute atomic E-state index is 5.88. The number of aromatic nitrogens is 1. The van der Waals surface area contributed by atoms with E-state index in [1.807, 2.05) is 13.1 Å². The van der Waals surface area contributed by atoms with Gasteiger partial charge in [-0.05, 0) is 36.5 Å². The van der Waals surface area contributed by atoms with Crippen molar-refractivity contribution >= 4 is 11.6 Å². The molecular formula is C10H14ClN. The first-order valence-electron chi connectivity index (χ1n) is 4.15. The van der Waals surface area contributed by atoms with Crippen LogP contribution in [0, 0.1) is 13.8 Å². The molecule has 0 aromatic carbocycles. The van der Waals surface area contributed by atoms with Gasteiger partial charge in [-0.2, -0.15) is 0 Å². The van der Waals surface area contributed by atoms with Gasteiger partial charge in [0.15, 0.2) is 0 Å². The van der Waals surface area contributed by atoms with E-state index < -0.39 is 0 Å². The van der Waals surface area contributed by atoms with Gasteiger partial charge in [0.1, 0.15) is 5.15 Å². The van der Waals surface area contributed by atoms with Crippen molar-refractivity contribution in [3.05, 3.63) is 28.0 Å². The van der Waals surface area contributed by atoms with E-state index in [4.69, 9.17) is 11.6 Å². The summed E-state index contributed by atoms with van der Waals surface area (Å²) in [6.45, 7) is 8.43. The summed E-state index contributed by atoms with van der Waals surface area (Å²) >= 11 is 5.88. The molecule has 1 nitrogen and oxygen atoms in total. The van der Waals surface area contributed by atoms with E-state index >= 15 is 0 Å². The van der Waals surface area contributed by atoms with E-state index in [2.05, 4.69) is 25.8 Å². The highest BCUT2D eigenvalue weighted by molar-refractivity contribution is 6.30. The number of rotatable bonds is 1. The fourth-order valence-electron chi connectivity index (χ4n) is 1.27. The minimum atomic E-state index is 0.522. The highest BCUT2D eigenvalue weighted by Gasteiger charge is 2.08. The van der Waals surface area contributed by atoms with Crippen LogP contribution in [0.25, 0.3) is 0 Å². The summed E-state index contributed by atoms with van der Waals surface area (Å²) in [5.74, 6) is 0.522. The Morgan fingerprint density at radius 3 is 2.33 bits per heavy atom. The number of nitrogens with zero attached hydrogens (tertiary/aromatic N) is 1. The number of hydrogen-bond donors (Lipinski definition) is 0. The predicted octanol–water partition coefficient (Wildman–Crippen LogP) is 3.48. The Balaban J connectivity index is 3.27. The van der Waals surface area contributed by atoms with E-state index in [9.17, 15) is 0 Å². The van der Waals surface area contributed by atoms with Gasteiger partial charge in [0, 0.05) is 6.20 Å². The van der Waals surface area contributed by atoms with E-state index in [0.717, 1.165) is 5.56 Å². The number of hydrogen-bond acceptors (Lipinski definition) is 1. The fourth-order valence-corrected chi connectivity index (χ4v) is 1.46. The van der Waals surface area contributed by atoms with Crippen molar-refractivity contribution in [3.63, 3.8) is 0 Å². The predicted molar refractivity (Wildman–Crippen MR) is 52.8 cm³/mol. The minimum absolute atomic E-state index is 0.522. The van der Waals surface area contributed by atoms with Gasteiger partial charge < -0.3 is 0 Å². The zero-order chi connectivity index (χ0) is 9.30. The molecule has 0 aliphatic carbocycles. The maximum atomic E-state index is 5.88. The Labute approximate surface area is 78.8 Å². The minimum Gasteiger partial charge on any atom is -0.244 e. The van der Waals surface area contributed by atoms with E-state index in [1.54, 1.807) is 0 Å². The van der Waals surface area contributed by atoms with Crippen molar-refractivity contribution < 1.29 is 0 Å². The number of halogens is 1. The molecule has 0 aliphatic rings. The van der Waals surface area contributed by atoms with Gasteiger partial charge in [-0.1, -0.05) is 25.4 Å². The molecule has 66 valence electrons. The zero-order valence-corrected chi connectivity index (χ0v) is 8.74. The fraction of sp³-hybridized carbons (Fsp3) is 0.500. The lowest BCUT2D eigenvalue weighted by molar-refractivity contribution is 0.843. The van der Waals surface area contributed by atoms with Gasteiger partial charge in [-0.15, -0.1) is 0 Å². The standard InChI is InChI=1S/C10H14ClN/c1-6(2)9-5-12-10(11)8(4)7(9)3/h5-6H,1-4H3. The molecule has 0 fully saturated rings. The molecule has 1 rings (SSSR count). The SMILES string of the molecule is Cc1c(C(C)C)cnc(Cl)c1C. The molecule has 0 bridgehead atoms. The molecule has 2 heteroatoms. The summed E-state index contributed by atoms with van der Waals surface area (Å²) in [7, 11) is 0. The van der Waals surface area contributed by atoms with Crippen LogP contribution in [0.1, 0.15) is 36.5 Å². The average molecular weight is 184 g/mol. The summed E-state index contributed by atoms with van der Waals surface area (Å²) in [6, 6.07) is 0. The lowest BCUT2D eigenvalue weighted by Gasteiger charge is -2.11. The van der Waals surface area contributed by atoms with E-state index in [-0.39, 0.29) is 0 Å². The monoisotopic (exact) mass is 183 g/mol. The van der Waals surface area contributed by atoms with Crippen LogP contribution in [0.15, 0.2) is 6.20 Å². The number of pyridine rings is 1. The maximum Gasteiger partial charge on any atom is 0.132 e.